The van der Waals surface area contributed by atoms with E-state index in [1.165, 1.54) is 58.2 Å². The molecule has 3 nitrogen and oxygen atoms in total. The van der Waals surface area contributed by atoms with Gasteiger partial charge in [-0.15, -0.1) is 0 Å². The molecule has 1 saturated heterocycles. The summed E-state index contributed by atoms with van der Waals surface area (Å²) in [4.78, 5) is 5.27. The Bertz CT molecular complexity index is 315. The second-order valence-electron chi connectivity index (χ2n) is 7.93. The van der Waals surface area contributed by atoms with Crippen LogP contribution < -0.4 is 5.73 Å². The minimum Gasteiger partial charge on any atom is -0.329 e. The lowest BCUT2D eigenvalue weighted by atomic mass is 9.67. The summed E-state index contributed by atoms with van der Waals surface area (Å²) in [5.74, 6) is 0. The first-order valence-electron chi connectivity index (χ1n) is 8.58. The van der Waals surface area contributed by atoms with Crippen LogP contribution in [0, 0.1) is 5.41 Å². The Hall–Kier alpha value is -0.120. The van der Waals surface area contributed by atoms with Gasteiger partial charge in [0.05, 0.1) is 0 Å². The number of rotatable bonds is 5. The number of likely N-dealkylation sites (N-methyl/N-ethyl adjacent to an activating group) is 2. The maximum absolute atomic E-state index is 6.25. The third-order valence-corrected chi connectivity index (χ3v) is 5.88. The molecule has 2 atom stereocenters. The molecule has 0 aromatic rings. The van der Waals surface area contributed by atoms with Crippen molar-refractivity contribution in [2.45, 2.75) is 70.9 Å². The number of hydrogen-bond donors (Lipinski definition) is 1. The molecule has 0 spiro atoms. The van der Waals surface area contributed by atoms with Crippen LogP contribution in [0.5, 0.6) is 0 Å². The van der Waals surface area contributed by atoms with E-state index < -0.39 is 0 Å². The third kappa shape index (κ3) is 3.37. The van der Waals surface area contributed by atoms with Gasteiger partial charge in [-0.3, -0.25) is 9.80 Å². The fourth-order valence-electron chi connectivity index (χ4n) is 4.65. The Morgan fingerprint density at radius 3 is 2.60 bits per heavy atom. The van der Waals surface area contributed by atoms with Gasteiger partial charge in [-0.1, -0.05) is 27.2 Å². The summed E-state index contributed by atoms with van der Waals surface area (Å²) in [7, 11) is 2.32. The predicted octanol–water partition coefficient (Wildman–Crippen LogP) is 2.70. The van der Waals surface area contributed by atoms with Gasteiger partial charge in [0.25, 0.3) is 0 Å². The van der Waals surface area contributed by atoms with Crippen molar-refractivity contribution in [3.05, 3.63) is 0 Å². The lowest BCUT2D eigenvalue weighted by Crippen LogP contribution is -2.58. The highest BCUT2D eigenvalue weighted by molar-refractivity contribution is 4.99. The molecule has 2 aliphatic rings. The Labute approximate surface area is 125 Å². The van der Waals surface area contributed by atoms with Gasteiger partial charge < -0.3 is 5.73 Å². The van der Waals surface area contributed by atoms with Crippen molar-refractivity contribution in [1.82, 2.24) is 9.80 Å². The van der Waals surface area contributed by atoms with E-state index in [4.69, 9.17) is 5.73 Å². The number of likely N-dealkylation sites (tertiary alicyclic amines) is 1. The Kier molecular flexibility index (Phi) is 5.14. The molecule has 0 bridgehead atoms. The first-order valence-corrected chi connectivity index (χ1v) is 8.58. The van der Waals surface area contributed by atoms with Gasteiger partial charge in [0, 0.05) is 24.7 Å². The SMILES string of the molecule is CCN1CCCC1CN(C)C1(CN)CCCC(C)(C)C1. The van der Waals surface area contributed by atoms with E-state index in [2.05, 4.69) is 37.6 Å². The molecule has 1 heterocycles. The van der Waals surface area contributed by atoms with Gasteiger partial charge in [0.15, 0.2) is 0 Å². The molecule has 20 heavy (non-hydrogen) atoms. The molecule has 0 radical (unpaired) electrons. The zero-order chi connectivity index (χ0) is 14.8. The van der Waals surface area contributed by atoms with Gasteiger partial charge in [0.1, 0.15) is 0 Å². The summed E-state index contributed by atoms with van der Waals surface area (Å²) in [6.45, 7) is 11.6. The van der Waals surface area contributed by atoms with Gasteiger partial charge in [-0.2, -0.15) is 0 Å². The van der Waals surface area contributed by atoms with Gasteiger partial charge in [0.2, 0.25) is 0 Å². The molecular formula is C17H35N3. The smallest absolute Gasteiger partial charge is 0.0334 e. The first-order chi connectivity index (χ1) is 9.42. The van der Waals surface area contributed by atoms with Crippen molar-refractivity contribution < 1.29 is 0 Å². The fraction of sp³-hybridized carbons (Fsp3) is 1.00. The highest BCUT2D eigenvalue weighted by atomic mass is 15.3. The van der Waals surface area contributed by atoms with Gasteiger partial charge in [-0.05, 0) is 57.7 Å². The standard InChI is InChI=1S/C17H35N3/c1-5-20-11-6-8-15(20)12-19(4)17(14-18)10-7-9-16(2,3)13-17/h15H,5-14,18H2,1-4H3. The maximum Gasteiger partial charge on any atom is 0.0334 e. The molecule has 2 fully saturated rings. The second-order valence-corrected chi connectivity index (χ2v) is 7.93. The predicted molar refractivity (Wildman–Crippen MR) is 86.9 cm³/mol. The topological polar surface area (TPSA) is 32.5 Å². The summed E-state index contributed by atoms with van der Waals surface area (Å²) < 4.78 is 0. The lowest BCUT2D eigenvalue weighted by Gasteiger charge is -2.50. The normalized spacial score (nSPS) is 34.8. The van der Waals surface area contributed by atoms with Crippen LogP contribution in [-0.4, -0.2) is 54.6 Å². The summed E-state index contributed by atoms with van der Waals surface area (Å²) in [6.07, 6.45) is 7.95. The summed E-state index contributed by atoms with van der Waals surface area (Å²) in [6, 6.07) is 0.749. The molecule has 2 rings (SSSR count). The molecule has 0 aromatic carbocycles. The second kappa shape index (κ2) is 6.33. The minimum absolute atomic E-state index is 0.240. The summed E-state index contributed by atoms with van der Waals surface area (Å²) in [5.41, 5.74) is 6.94. The van der Waals surface area contributed by atoms with Crippen LogP contribution in [0.3, 0.4) is 0 Å². The third-order valence-electron chi connectivity index (χ3n) is 5.88. The zero-order valence-electron chi connectivity index (χ0n) is 14.1. The van der Waals surface area contributed by atoms with E-state index in [0.717, 1.165) is 12.6 Å². The molecule has 1 aliphatic heterocycles. The molecular weight excluding hydrogens is 246 g/mol. The van der Waals surface area contributed by atoms with E-state index >= 15 is 0 Å². The van der Waals surface area contributed by atoms with Crippen LogP contribution in [0.15, 0.2) is 0 Å². The van der Waals surface area contributed by atoms with Crippen LogP contribution >= 0.6 is 0 Å². The molecule has 1 saturated carbocycles. The quantitative estimate of drug-likeness (QED) is 0.841. The number of nitrogens with two attached hydrogens (primary N) is 1. The fourth-order valence-corrected chi connectivity index (χ4v) is 4.65. The lowest BCUT2D eigenvalue weighted by molar-refractivity contribution is 0.0141. The Balaban J connectivity index is 2.03. The van der Waals surface area contributed by atoms with Gasteiger partial charge >= 0.3 is 0 Å². The van der Waals surface area contributed by atoms with Crippen molar-refractivity contribution >= 4 is 0 Å². The Morgan fingerprint density at radius 1 is 1.25 bits per heavy atom. The van der Waals surface area contributed by atoms with Crippen LogP contribution in [-0.2, 0) is 0 Å². The molecule has 2 N–H and O–H groups in total. The van der Waals surface area contributed by atoms with Crippen LogP contribution in [0.2, 0.25) is 0 Å². The van der Waals surface area contributed by atoms with E-state index in [1.807, 2.05) is 0 Å². The van der Waals surface area contributed by atoms with E-state index in [-0.39, 0.29) is 5.54 Å². The molecule has 118 valence electrons. The van der Waals surface area contributed by atoms with E-state index in [9.17, 15) is 0 Å². The molecule has 0 aromatic heterocycles. The molecule has 2 unspecified atom stereocenters. The van der Waals surface area contributed by atoms with Crippen LogP contribution in [0.25, 0.3) is 0 Å². The van der Waals surface area contributed by atoms with Crippen molar-refractivity contribution in [3.63, 3.8) is 0 Å². The zero-order valence-corrected chi connectivity index (χ0v) is 14.1. The average Bonchev–Trinajstić information content (AvgIpc) is 2.84. The largest absolute Gasteiger partial charge is 0.329 e. The highest BCUT2D eigenvalue weighted by Crippen LogP contribution is 2.43. The average molecular weight is 281 g/mol. The minimum atomic E-state index is 0.240. The van der Waals surface area contributed by atoms with Crippen molar-refractivity contribution in [2.75, 3.05) is 33.2 Å². The number of hydrogen-bond acceptors (Lipinski definition) is 3. The van der Waals surface area contributed by atoms with E-state index in [0.29, 0.717) is 5.41 Å². The van der Waals surface area contributed by atoms with Crippen molar-refractivity contribution in [1.29, 1.82) is 0 Å². The first kappa shape index (κ1) is 16.3. The van der Waals surface area contributed by atoms with Gasteiger partial charge in [-0.25, -0.2) is 0 Å². The number of nitrogens with zero attached hydrogens (tertiary/aromatic N) is 2. The maximum atomic E-state index is 6.25. The van der Waals surface area contributed by atoms with E-state index in [1.54, 1.807) is 0 Å². The van der Waals surface area contributed by atoms with Crippen LogP contribution in [0.4, 0.5) is 0 Å². The van der Waals surface area contributed by atoms with Crippen molar-refractivity contribution in [3.8, 4) is 0 Å². The molecule has 3 heteroatoms. The monoisotopic (exact) mass is 281 g/mol. The summed E-state index contributed by atoms with van der Waals surface area (Å²) in [5, 5.41) is 0. The highest BCUT2D eigenvalue weighted by Gasteiger charge is 2.42. The molecule has 1 aliphatic carbocycles. The van der Waals surface area contributed by atoms with Crippen LogP contribution in [0.1, 0.15) is 59.3 Å². The Morgan fingerprint density at radius 2 is 2.00 bits per heavy atom. The molecule has 0 amide bonds. The van der Waals surface area contributed by atoms with Crippen molar-refractivity contribution in [2.24, 2.45) is 11.1 Å². The summed E-state index contributed by atoms with van der Waals surface area (Å²) >= 11 is 0.